The number of hydrogen-bond donors (Lipinski definition) is 1. The monoisotopic (exact) mass is 480 g/mol. The van der Waals surface area contributed by atoms with Gasteiger partial charge in [0.1, 0.15) is 11.9 Å². The van der Waals surface area contributed by atoms with Crippen LogP contribution in [0.1, 0.15) is 43.0 Å². The van der Waals surface area contributed by atoms with Crippen LogP contribution in [0.15, 0.2) is 47.3 Å². The van der Waals surface area contributed by atoms with Crippen LogP contribution in [-0.2, 0) is 4.79 Å². The largest absolute Gasteiger partial charge is 0.497 e. The predicted octanol–water partition coefficient (Wildman–Crippen LogP) is 5.56. The van der Waals surface area contributed by atoms with Crippen molar-refractivity contribution in [2.75, 3.05) is 26.7 Å². The van der Waals surface area contributed by atoms with Crippen LogP contribution in [0.4, 0.5) is 4.39 Å². The molecule has 1 fully saturated rings. The van der Waals surface area contributed by atoms with Crippen molar-refractivity contribution in [2.45, 2.75) is 31.9 Å². The lowest BCUT2D eigenvalue weighted by Gasteiger charge is -2.37. The van der Waals surface area contributed by atoms with Crippen LogP contribution in [0.2, 0.25) is 0 Å². The first-order chi connectivity index (χ1) is 16.5. The molecular weight excluding hydrogens is 451 g/mol. The van der Waals surface area contributed by atoms with Gasteiger partial charge in [-0.2, -0.15) is 11.3 Å². The highest BCUT2D eigenvalue weighted by Crippen LogP contribution is 2.36. The van der Waals surface area contributed by atoms with Crippen molar-refractivity contribution in [3.05, 3.63) is 58.4 Å². The zero-order chi connectivity index (χ0) is 23.9. The Morgan fingerprint density at radius 2 is 2.24 bits per heavy atom. The highest BCUT2D eigenvalue weighted by atomic mass is 32.1. The van der Waals surface area contributed by atoms with Crippen molar-refractivity contribution in [3.8, 4) is 17.6 Å². The molecule has 0 amide bonds. The van der Waals surface area contributed by atoms with Gasteiger partial charge in [-0.05, 0) is 78.9 Å². The summed E-state index contributed by atoms with van der Waals surface area (Å²) in [4.78, 5) is 18.1. The minimum absolute atomic E-state index is 0.00400. The standard InChI is InChI=1S/C27H29FN2O3S/c1-33-22-5-7-26-24(16-22)23(8-11-29-26)25(28)6-4-20-9-13-30(17-21(20)15-27(31)32)12-2-3-19-10-14-34-18-19/h5,7-8,10-11,14,16,18,20-21,25H,4,6,9,12-13,15,17H2,1H3,(H,31,32)/t20-,21+,25?/m1/s1. The van der Waals surface area contributed by atoms with Gasteiger partial charge in [0.2, 0.25) is 0 Å². The number of fused-ring (bicyclic) bond motifs is 1. The summed E-state index contributed by atoms with van der Waals surface area (Å²) in [5.41, 5.74) is 2.36. The molecule has 34 heavy (non-hydrogen) atoms. The number of halogens is 1. The van der Waals surface area contributed by atoms with Crippen LogP contribution in [0.25, 0.3) is 10.9 Å². The number of carboxylic acid groups (broad SMARTS) is 1. The molecule has 1 unspecified atom stereocenters. The van der Waals surface area contributed by atoms with Gasteiger partial charge < -0.3 is 9.84 Å². The number of hydrogen-bond acceptors (Lipinski definition) is 5. The number of thiophene rings is 1. The Morgan fingerprint density at radius 1 is 1.35 bits per heavy atom. The molecule has 1 aliphatic heterocycles. The average molecular weight is 481 g/mol. The quantitative estimate of drug-likeness (QED) is 0.428. The summed E-state index contributed by atoms with van der Waals surface area (Å²) in [6, 6.07) is 9.21. The first kappa shape index (κ1) is 24.2. The summed E-state index contributed by atoms with van der Waals surface area (Å²) < 4.78 is 20.7. The molecule has 178 valence electrons. The van der Waals surface area contributed by atoms with E-state index in [1.165, 1.54) is 0 Å². The van der Waals surface area contributed by atoms with Crippen LogP contribution in [-0.4, -0.2) is 47.7 Å². The van der Waals surface area contributed by atoms with Crippen molar-refractivity contribution in [2.24, 2.45) is 11.8 Å². The molecule has 5 nitrogen and oxygen atoms in total. The van der Waals surface area contributed by atoms with Gasteiger partial charge in [-0.25, -0.2) is 4.39 Å². The fourth-order valence-electron chi connectivity index (χ4n) is 4.79. The second-order valence-electron chi connectivity index (χ2n) is 8.78. The number of carboxylic acids is 1. The number of carbonyl (C=O) groups is 1. The molecule has 0 spiro atoms. The van der Waals surface area contributed by atoms with E-state index in [4.69, 9.17) is 4.74 Å². The third-order valence-corrected chi connectivity index (χ3v) is 7.26. The Labute approximate surface area is 203 Å². The predicted molar refractivity (Wildman–Crippen MR) is 133 cm³/mol. The molecule has 3 aromatic rings. The van der Waals surface area contributed by atoms with Gasteiger partial charge in [0.15, 0.2) is 0 Å². The van der Waals surface area contributed by atoms with Crippen LogP contribution >= 0.6 is 11.3 Å². The second kappa shape index (κ2) is 11.5. The summed E-state index contributed by atoms with van der Waals surface area (Å²) in [6.07, 6.45) is 2.47. The number of aliphatic carboxylic acids is 1. The van der Waals surface area contributed by atoms with Crippen molar-refractivity contribution in [3.63, 3.8) is 0 Å². The molecule has 0 aliphatic carbocycles. The Kier molecular flexibility index (Phi) is 8.15. The lowest BCUT2D eigenvalue weighted by molar-refractivity contribution is -0.139. The second-order valence-corrected chi connectivity index (χ2v) is 9.56. The van der Waals surface area contributed by atoms with Gasteiger partial charge >= 0.3 is 5.97 Å². The van der Waals surface area contributed by atoms with Gasteiger partial charge in [0.25, 0.3) is 0 Å². The number of likely N-dealkylation sites (tertiary alicyclic amines) is 1. The van der Waals surface area contributed by atoms with Gasteiger partial charge in [-0.1, -0.05) is 11.8 Å². The lowest BCUT2D eigenvalue weighted by atomic mass is 9.79. The van der Waals surface area contributed by atoms with Gasteiger partial charge in [0.05, 0.1) is 19.2 Å². The lowest BCUT2D eigenvalue weighted by Crippen LogP contribution is -2.41. The topological polar surface area (TPSA) is 62.7 Å². The maximum absolute atomic E-state index is 15.4. The number of benzene rings is 1. The first-order valence-electron chi connectivity index (χ1n) is 11.6. The van der Waals surface area contributed by atoms with Crippen molar-refractivity contribution in [1.29, 1.82) is 0 Å². The summed E-state index contributed by atoms with van der Waals surface area (Å²) >= 11 is 1.62. The molecule has 2 aromatic heterocycles. The third kappa shape index (κ3) is 6.13. The molecule has 0 saturated carbocycles. The van der Waals surface area contributed by atoms with Crippen molar-refractivity contribution in [1.82, 2.24) is 9.88 Å². The third-order valence-electron chi connectivity index (χ3n) is 6.58. The molecule has 1 saturated heterocycles. The number of rotatable bonds is 8. The molecule has 3 heterocycles. The van der Waals surface area contributed by atoms with Gasteiger partial charge in [-0.3, -0.25) is 14.7 Å². The number of nitrogens with zero attached hydrogens (tertiary/aromatic N) is 2. The van der Waals surface area contributed by atoms with Crippen LogP contribution in [0.5, 0.6) is 5.75 Å². The molecule has 4 rings (SSSR count). The number of piperidine rings is 1. The number of ether oxygens (including phenoxy) is 1. The Bertz CT molecular complexity index is 1170. The van der Waals surface area contributed by atoms with E-state index in [1.807, 2.05) is 35.0 Å². The maximum Gasteiger partial charge on any atom is 0.303 e. The normalized spacial score (nSPS) is 19.4. The van der Waals surface area contributed by atoms with E-state index in [2.05, 4.69) is 21.7 Å². The molecule has 1 aromatic carbocycles. The van der Waals surface area contributed by atoms with E-state index in [1.54, 1.807) is 30.7 Å². The van der Waals surface area contributed by atoms with Crippen LogP contribution < -0.4 is 4.74 Å². The minimum atomic E-state index is -1.14. The molecule has 3 atom stereocenters. The number of alkyl halides is 1. The average Bonchev–Trinajstić information content (AvgIpc) is 3.36. The van der Waals surface area contributed by atoms with E-state index >= 15 is 4.39 Å². The minimum Gasteiger partial charge on any atom is -0.497 e. The van der Waals surface area contributed by atoms with Gasteiger partial charge in [-0.15, -0.1) is 0 Å². The highest BCUT2D eigenvalue weighted by Gasteiger charge is 2.31. The number of aromatic nitrogens is 1. The Balaban J connectivity index is 1.39. The number of pyridine rings is 1. The Hall–Kier alpha value is -2.95. The maximum atomic E-state index is 15.4. The molecule has 0 bridgehead atoms. The fraction of sp³-hybridized carbons (Fsp3) is 0.407. The smallest absolute Gasteiger partial charge is 0.303 e. The van der Waals surface area contributed by atoms with E-state index in [9.17, 15) is 9.90 Å². The molecule has 7 heteroatoms. The van der Waals surface area contributed by atoms with E-state index in [-0.39, 0.29) is 18.3 Å². The molecule has 1 N–H and O–H groups in total. The van der Waals surface area contributed by atoms with Gasteiger partial charge in [0, 0.05) is 35.5 Å². The van der Waals surface area contributed by atoms with Crippen molar-refractivity contribution < 1.29 is 19.0 Å². The summed E-state index contributed by atoms with van der Waals surface area (Å²) in [5.74, 6) is 6.41. The van der Waals surface area contributed by atoms with Crippen molar-refractivity contribution >= 4 is 28.2 Å². The molecule has 0 radical (unpaired) electrons. The van der Waals surface area contributed by atoms with E-state index < -0.39 is 12.1 Å². The zero-order valence-electron chi connectivity index (χ0n) is 19.2. The zero-order valence-corrected chi connectivity index (χ0v) is 20.1. The molecular formula is C27H29FN2O3S. The fourth-order valence-corrected chi connectivity index (χ4v) is 5.37. The molecule has 1 aliphatic rings. The SMILES string of the molecule is COc1ccc2nccc(C(F)CC[C@@H]3CCN(CC#Cc4ccsc4)C[C@@H]3CC(=O)O)c2c1. The number of methoxy groups -OCH3 is 1. The van der Waals surface area contributed by atoms with E-state index in [0.29, 0.717) is 37.2 Å². The van der Waals surface area contributed by atoms with Crippen LogP contribution in [0.3, 0.4) is 0 Å². The summed E-state index contributed by atoms with van der Waals surface area (Å²) in [6.45, 7) is 2.16. The Morgan fingerprint density at radius 3 is 3.00 bits per heavy atom. The summed E-state index contributed by atoms with van der Waals surface area (Å²) in [5, 5.41) is 14.2. The van der Waals surface area contributed by atoms with Crippen LogP contribution in [0, 0.1) is 23.7 Å². The van der Waals surface area contributed by atoms with E-state index in [0.717, 1.165) is 29.4 Å². The first-order valence-corrected chi connectivity index (χ1v) is 12.5. The summed E-state index contributed by atoms with van der Waals surface area (Å²) in [7, 11) is 1.59. The highest BCUT2D eigenvalue weighted by molar-refractivity contribution is 7.08.